The normalized spacial score (nSPS) is 17.3. The van der Waals surface area contributed by atoms with Crippen LogP contribution in [0.15, 0.2) is 18.2 Å². The number of nitrogens with one attached hydrogen (secondary N) is 1. The molecule has 140 valence electrons. The van der Waals surface area contributed by atoms with Crippen LogP contribution in [0.2, 0.25) is 0 Å². The largest absolute Gasteiger partial charge is 0.483 e. The van der Waals surface area contributed by atoms with Gasteiger partial charge in [0, 0.05) is 13.7 Å². The van der Waals surface area contributed by atoms with Crippen LogP contribution in [-0.2, 0) is 16.1 Å². The van der Waals surface area contributed by atoms with Crippen molar-refractivity contribution in [2.45, 2.75) is 45.8 Å². The van der Waals surface area contributed by atoms with Crippen LogP contribution in [-0.4, -0.2) is 46.2 Å². The van der Waals surface area contributed by atoms with Crippen molar-refractivity contribution in [1.29, 1.82) is 0 Å². The summed E-state index contributed by atoms with van der Waals surface area (Å²) in [6.45, 7) is 5.13. The first-order valence-electron chi connectivity index (χ1n) is 8.98. The third-order valence-electron chi connectivity index (χ3n) is 4.63. The van der Waals surface area contributed by atoms with E-state index in [-0.39, 0.29) is 18.6 Å². The molecule has 0 bridgehead atoms. The highest BCUT2D eigenvalue weighted by Gasteiger charge is 2.31. The first-order valence-corrected chi connectivity index (χ1v) is 8.98. The summed E-state index contributed by atoms with van der Waals surface area (Å²) in [5.74, 6) is 2.04. The summed E-state index contributed by atoms with van der Waals surface area (Å²) in [5, 5.41) is 7.16. The van der Waals surface area contributed by atoms with Gasteiger partial charge in [-0.25, -0.2) is 4.98 Å². The Bertz CT molecular complexity index is 759. The Hall–Kier alpha value is -2.41. The van der Waals surface area contributed by atoms with Gasteiger partial charge in [-0.15, -0.1) is 0 Å². The number of aryl methyl sites for hydroxylation is 2. The van der Waals surface area contributed by atoms with Gasteiger partial charge < -0.3 is 14.4 Å². The average molecular weight is 358 g/mol. The maximum atomic E-state index is 12.8. The summed E-state index contributed by atoms with van der Waals surface area (Å²) >= 11 is 0. The molecule has 0 radical (unpaired) electrons. The van der Waals surface area contributed by atoms with Crippen molar-refractivity contribution in [1.82, 2.24) is 20.1 Å². The number of nitrogens with zero attached hydrogens (tertiary/aromatic N) is 3. The van der Waals surface area contributed by atoms with Crippen LogP contribution >= 0.6 is 0 Å². The fourth-order valence-electron chi connectivity index (χ4n) is 3.34. The minimum atomic E-state index is -0.110. The van der Waals surface area contributed by atoms with E-state index in [2.05, 4.69) is 21.2 Å². The van der Waals surface area contributed by atoms with Gasteiger partial charge in [-0.05, 0) is 44.7 Å². The molecule has 1 aliphatic heterocycles. The van der Waals surface area contributed by atoms with Gasteiger partial charge >= 0.3 is 0 Å². The van der Waals surface area contributed by atoms with Gasteiger partial charge in [-0.2, -0.15) is 5.10 Å². The summed E-state index contributed by atoms with van der Waals surface area (Å²) in [4.78, 5) is 19.1. The van der Waals surface area contributed by atoms with E-state index < -0.39 is 0 Å². The Morgan fingerprint density at radius 2 is 2.19 bits per heavy atom. The molecule has 0 aliphatic carbocycles. The van der Waals surface area contributed by atoms with E-state index in [9.17, 15) is 4.79 Å². The summed E-state index contributed by atoms with van der Waals surface area (Å²) in [5.41, 5.74) is 2.21. The lowest BCUT2D eigenvalue weighted by molar-refractivity contribution is -0.137. The molecule has 1 N–H and O–H groups in total. The van der Waals surface area contributed by atoms with E-state index in [0.29, 0.717) is 24.8 Å². The lowest BCUT2D eigenvalue weighted by Gasteiger charge is -2.34. The monoisotopic (exact) mass is 358 g/mol. The fourth-order valence-corrected chi connectivity index (χ4v) is 3.34. The van der Waals surface area contributed by atoms with Gasteiger partial charge in [0.05, 0.1) is 6.04 Å². The zero-order valence-electron chi connectivity index (χ0n) is 15.6. The summed E-state index contributed by atoms with van der Waals surface area (Å²) < 4.78 is 10.9. The van der Waals surface area contributed by atoms with Crippen molar-refractivity contribution in [2.24, 2.45) is 0 Å². The van der Waals surface area contributed by atoms with Gasteiger partial charge in [-0.3, -0.25) is 9.89 Å². The zero-order chi connectivity index (χ0) is 18.5. The minimum absolute atomic E-state index is 0.0236. The zero-order valence-corrected chi connectivity index (χ0v) is 15.6. The minimum Gasteiger partial charge on any atom is -0.483 e. The highest BCUT2D eigenvalue weighted by molar-refractivity contribution is 5.78. The van der Waals surface area contributed by atoms with Gasteiger partial charge in [0.2, 0.25) is 0 Å². The van der Waals surface area contributed by atoms with Crippen molar-refractivity contribution < 1.29 is 14.3 Å². The lowest BCUT2D eigenvalue weighted by atomic mass is 10.0. The number of carbonyl (C=O) groups is 1. The van der Waals surface area contributed by atoms with Crippen molar-refractivity contribution in [3.8, 4) is 5.75 Å². The molecule has 0 spiro atoms. The van der Waals surface area contributed by atoms with E-state index in [1.807, 2.05) is 30.9 Å². The number of ether oxygens (including phenoxy) is 2. The van der Waals surface area contributed by atoms with E-state index >= 15 is 0 Å². The number of amides is 1. The van der Waals surface area contributed by atoms with Gasteiger partial charge in [0.15, 0.2) is 18.3 Å². The number of carbonyl (C=O) groups excluding carboxylic acids is 1. The molecule has 1 atom stereocenters. The molecule has 1 aliphatic rings. The van der Waals surface area contributed by atoms with Crippen LogP contribution in [0, 0.1) is 13.8 Å². The molecule has 1 fully saturated rings. The number of H-pyrrole nitrogens is 1. The average Bonchev–Trinajstić information content (AvgIpc) is 3.09. The number of hydrogen-bond acceptors (Lipinski definition) is 5. The number of hydrogen-bond donors (Lipinski definition) is 1. The Morgan fingerprint density at radius 1 is 1.35 bits per heavy atom. The number of piperidine rings is 1. The van der Waals surface area contributed by atoms with Gasteiger partial charge in [0.25, 0.3) is 5.91 Å². The molecule has 7 heteroatoms. The van der Waals surface area contributed by atoms with Crippen LogP contribution in [0.1, 0.15) is 48.1 Å². The number of benzene rings is 1. The van der Waals surface area contributed by atoms with Crippen LogP contribution in [0.25, 0.3) is 0 Å². The molecular weight excluding hydrogens is 332 g/mol. The maximum absolute atomic E-state index is 12.8. The number of aromatic amines is 1. The lowest BCUT2D eigenvalue weighted by Crippen LogP contribution is -2.41. The van der Waals surface area contributed by atoms with Crippen LogP contribution < -0.4 is 4.74 Å². The quantitative estimate of drug-likeness (QED) is 0.859. The number of aromatic nitrogens is 3. The molecule has 2 heterocycles. The first kappa shape index (κ1) is 18.4. The van der Waals surface area contributed by atoms with Crippen molar-refractivity contribution in [2.75, 3.05) is 20.3 Å². The summed E-state index contributed by atoms with van der Waals surface area (Å²) in [6, 6.07) is 5.84. The Morgan fingerprint density at radius 3 is 2.96 bits per heavy atom. The van der Waals surface area contributed by atoms with Gasteiger partial charge in [-0.1, -0.05) is 17.7 Å². The number of rotatable bonds is 6. The predicted molar refractivity (Wildman–Crippen MR) is 96.8 cm³/mol. The highest BCUT2D eigenvalue weighted by Crippen LogP contribution is 2.29. The molecule has 7 nitrogen and oxygen atoms in total. The van der Waals surface area contributed by atoms with E-state index in [4.69, 9.17) is 9.47 Å². The first-order chi connectivity index (χ1) is 12.6. The standard InChI is InChI=1S/C19H26N4O3/c1-13-7-8-16(14(2)10-13)26-12-18(24)23-9-5-4-6-15(23)19-20-17(11-25-3)21-22-19/h7-8,10,15H,4-6,9,11-12H2,1-3H3,(H,20,21,22). The van der Waals surface area contributed by atoms with Crippen LogP contribution in [0.5, 0.6) is 5.75 Å². The Labute approximate surface area is 153 Å². The molecule has 1 aromatic carbocycles. The van der Waals surface area contributed by atoms with Crippen molar-refractivity contribution in [3.63, 3.8) is 0 Å². The Balaban J connectivity index is 1.67. The molecule has 0 saturated carbocycles. The van der Waals surface area contributed by atoms with E-state index in [1.54, 1.807) is 7.11 Å². The molecule has 2 aromatic rings. The fraction of sp³-hybridized carbons (Fsp3) is 0.526. The van der Waals surface area contributed by atoms with Crippen molar-refractivity contribution >= 4 is 5.91 Å². The van der Waals surface area contributed by atoms with Crippen LogP contribution in [0.4, 0.5) is 0 Å². The Kier molecular flexibility index (Phi) is 5.88. The molecule has 26 heavy (non-hydrogen) atoms. The molecule has 1 unspecified atom stereocenters. The second kappa shape index (κ2) is 8.31. The van der Waals surface area contributed by atoms with Crippen LogP contribution in [0.3, 0.4) is 0 Å². The summed E-state index contributed by atoms with van der Waals surface area (Å²) in [6.07, 6.45) is 2.90. The molecule has 1 saturated heterocycles. The maximum Gasteiger partial charge on any atom is 0.261 e. The predicted octanol–water partition coefficient (Wildman–Crippen LogP) is 2.70. The van der Waals surface area contributed by atoms with Crippen molar-refractivity contribution in [3.05, 3.63) is 41.0 Å². The second-order valence-corrected chi connectivity index (χ2v) is 6.73. The summed E-state index contributed by atoms with van der Waals surface area (Å²) in [7, 11) is 1.61. The highest BCUT2D eigenvalue weighted by atomic mass is 16.5. The second-order valence-electron chi connectivity index (χ2n) is 6.73. The SMILES string of the molecule is COCc1nc(C2CCCCN2C(=O)COc2ccc(C)cc2C)n[nH]1. The van der Waals surface area contributed by atoms with Gasteiger partial charge in [0.1, 0.15) is 12.4 Å². The third kappa shape index (κ3) is 4.22. The smallest absolute Gasteiger partial charge is 0.261 e. The molecule has 1 aromatic heterocycles. The number of likely N-dealkylation sites (tertiary alicyclic amines) is 1. The molecule has 1 amide bonds. The number of methoxy groups -OCH3 is 1. The topological polar surface area (TPSA) is 80.3 Å². The molecular formula is C19H26N4O3. The molecule has 3 rings (SSSR count). The third-order valence-corrected chi connectivity index (χ3v) is 4.63. The van der Waals surface area contributed by atoms with E-state index in [1.165, 1.54) is 5.56 Å². The van der Waals surface area contributed by atoms with E-state index in [0.717, 1.165) is 30.6 Å².